The summed E-state index contributed by atoms with van der Waals surface area (Å²) in [5.74, 6) is 0.297. The molecular formula is C15H27NO2. The molecular weight excluding hydrogens is 226 g/mol. The molecule has 1 N–H and O–H groups in total. The minimum absolute atomic E-state index is 0.158. The Morgan fingerprint density at radius 2 is 1.78 bits per heavy atom. The van der Waals surface area contributed by atoms with Crippen molar-refractivity contribution in [3.8, 4) is 0 Å². The van der Waals surface area contributed by atoms with E-state index in [1.807, 2.05) is 0 Å². The molecule has 0 aromatic heterocycles. The Kier molecular flexibility index (Phi) is 3.00. The van der Waals surface area contributed by atoms with Crippen LogP contribution in [0.3, 0.4) is 0 Å². The van der Waals surface area contributed by atoms with Gasteiger partial charge in [-0.15, -0.1) is 0 Å². The largest absolute Gasteiger partial charge is 0.391 e. The molecule has 1 aliphatic carbocycles. The average Bonchev–Trinajstić information content (AvgIpc) is 2.27. The third kappa shape index (κ3) is 1.83. The zero-order valence-corrected chi connectivity index (χ0v) is 12.0. The number of likely N-dealkylation sites (tertiary alicyclic amines) is 1. The highest BCUT2D eigenvalue weighted by molar-refractivity contribution is 5.11. The fourth-order valence-electron chi connectivity index (χ4n) is 4.69. The number of nitrogens with zero attached hydrogens (tertiary/aromatic N) is 1. The van der Waals surface area contributed by atoms with Gasteiger partial charge in [0.15, 0.2) is 0 Å². The van der Waals surface area contributed by atoms with Crippen LogP contribution in [0.2, 0.25) is 0 Å². The first kappa shape index (κ1) is 12.9. The van der Waals surface area contributed by atoms with Crippen molar-refractivity contribution in [3.63, 3.8) is 0 Å². The van der Waals surface area contributed by atoms with Crippen molar-refractivity contribution < 1.29 is 9.84 Å². The van der Waals surface area contributed by atoms with E-state index in [1.54, 1.807) is 0 Å². The van der Waals surface area contributed by atoms with Crippen LogP contribution < -0.4 is 0 Å². The lowest BCUT2D eigenvalue weighted by Gasteiger charge is -2.62. The van der Waals surface area contributed by atoms with E-state index in [4.69, 9.17) is 4.74 Å². The van der Waals surface area contributed by atoms with Gasteiger partial charge in [0, 0.05) is 5.92 Å². The summed E-state index contributed by atoms with van der Waals surface area (Å²) in [5, 5.41) is 10.8. The van der Waals surface area contributed by atoms with Crippen molar-refractivity contribution in [1.82, 2.24) is 4.90 Å². The maximum Gasteiger partial charge on any atom is 0.0841 e. The van der Waals surface area contributed by atoms with Crippen LogP contribution in [0.15, 0.2) is 0 Å². The monoisotopic (exact) mass is 253 g/mol. The minimum atomic E-state index is -0.217. The molecule has 0 aromatic carbocycles. The molecule has 0 spiro atoms. The van der Waals surface area contributed by atoms with Gasteiger partial charge in [-0.05, 0) is 59.5 Å². The number of hydrogen-bond acceptors (Lipinski definition) is 3. The Balaban J connectivity index is 1.87. The van der Waals surface area contributed by atoms with Gasteiger partial charge in [0.25, 0.3) is 0 Å². The Morgan fingerprint density at radius 3 is 2.33 bits per heavy atom. The average molecular weight is 253 g/mol. The van der Waals surface area contributed by atoms with Crippen LogP contribution in [-0.4, -0.2) is 46.4 Å². The molecule has 0 radical (unpaired) electrons. The Labute approximate surface area is 110 Å². The van der Waals surface area contributed by atoms with Crippen LogP contribution in [0.5, 0.6) is 0 Å². The molecule has 3 nitrogen and oxygen atoms in total. The number of aliphatic hydroxyl groups excluding tert-OH is 1. The quantitative estimate of drug-likeness (QED) is 0.777. The molecule has 4 atom stereocenters. The molecule has 4 rings (SSSR count). The number of piperidine rings is 1. The van der Waals surface area contributed by atoms with E-state index in [9.17, 15) is 5.11 Å². The lowest BCUT2D eigenvalue weighted by atomic mass is 9.63. The highest BCUT2D eigenvalue weighted by atomic mass is 16.5. The minimum Gasteiger partial charge on any atom is -0.391 e. The SMILES string of the molecule is CC1(C)O[C@]2(C)CC[C@@H]1[C@@H](O)[C@H]2N1CCCCC1. The molecule has 3 aliphatic heterocycles. The zero-order chi connectivity index (χ0) is 13.0. The molecule has 0 unspecified atom stereocenters. The summed E-state index contributed by atoms with van der Waals surface area (Å²) >= 11 is 0. The highest BCUT2D eigenvalue weighted by Crippen LogP contribution is 2.51. The van der Waals surface area contributed by atoms with Gasteiger partial charge in [-0.2, -0.15) is 0 Å². The molecule has 3 saturated heterocycles. The van der Waals surface area contributed by atoms with E-state index in [0.29, 0.717) is 5.92 Å². The highest BCUT2D eigenvalue weighted by Gasteiger charge is 2.60. The predicted octanol–water partition coefficient (Wildman–Crippen LogP) is 2.18. The van der Waals surface area contributed by atoms with E-state index >= 15 is 0 Å². The van der Waals surface area contributed by atoms with E-state index in [2.05, 4.69) is 25.7 Å². The van der Waals surface area contributed by atoms with Crippen molar-refractivity contribution >= 4 is 0 Å². The Hall–Kier alpha value is -0.120. The van der Waals surface area contributed by atoms with E-state index in [0.717, 1.165) is 25.9 Å². The lowest BCUT2D eigenvalue weighted by molar-refractivity contribution is -0.296. The maximum absolute atomic E-state index is 10.8. The van der Waals surface area contributed by atoms with E-state index < -0.39 is 0 Å². The van der Waals surface area contributed by atoms with Gasteiger partial charge < -0.3 is 9.84 Å². The van der Waals surface area contributed by atoms with Crippen LogP contribution >= 0.6 is 0 Å². The Morgan fingerprint density at radius 1 is 1.11 bits per heavy atom. The molecule has 3 heteroatoms. The summed E-state index contributed by atoms with van der Waals surface area (Å²) in [5.41, 5.74) is -0.326. The molecule has 18 heavy (non-hydrogen) atoms. The van der Waals surface area contributed by atoms with Gasteiger partial charge in [-0.25, -0.2) is 0 Å². The van der Waals surface area contributed by atoms with Gasteiger partial charge in [0.2, 0.25) is 0 Å². The molecule has 3 heterocycles. The standard InChI is InChI=1S/C15H27NO2/c1-14(2)11-7-8-15(3,18-14)13(12(11)17)16-9-5-4-6-10-16/h11-13,17H,4-10H2,1-3H3/t11-,12-,13-,15-/m1/s1. The molecule has 0 amide bonds. The second-order valence-corrected chi connectivity index (χ2v) is 7.20. The molecule has 0 aromatic rings. The molecule has 1 saturated carbocycles. The first-order valence-corrected chi connectivity index (χ1v) is 7.56. The second kappa shape index (κ2) is 4.19. The van der Waals surface area contributed by atoms with Crippen molar-refractivity contribution in [3.05, 3.63) is 0 Å². The number of rotatable bonds is 1. The molecule has 4 aliphatic rings. The normalized spacial score (nSPS) is 48.3. The van der Waals surface area contributed by atoms with Crippen LogP contribution in [0.25, 0.3) is 0 Å². The number of aliphatic hydroxyl groups is 1. The maximum atomic E-state index is 10.8. The van der Waals surface area contributed by atoms with E-state index in [1.165, 1.54) is 19.3 Å². The van der Waals surface area contributed by atoms with Crippen molar-refractivity contribution in [2.75, 3.05) is 13.1 Å². The fourth-order valence-corrected chi connectivity index (χ4v) is 4.69. The summed E-state index contributed by atoms with van der Waals surface area (Å²) in [4.78, 5) is 2.50. The predicted molar refractivity (Wildman–Crippen MR) is 71.5 cm³/mol. The number of hydrogen-bond donors (Lipinski definition) is 1. The zero-order valence-electron chi connectivity index (χ0n) is 12.0. The number of ether oxygens (including phenoxy) is 1. The Bertz CT molecular complexity index is 324. The molecule has 2 bridgehead atoms. The van der Waals surface area contributed by atoms with E-state index in [-0.39, 0.29) is 23.3 Å². The summed E-state index contributed by atoms with van der Waals surface area (Å²) < 4.78 is 6.39. The van der Waals surface area contributed by atoms with Gasteiger partial charge in [0.05, 0.1) is 23.3 Å². The third-order valence-electron chi connectivity index (χ3n) is 5.49. The lowest BCUT2D eigenvalue weighted by Crippen LogP contribution is -2.72. The fraction of sp³-hybridized carbons (Fsp3) is 1.00. The van der Waals surface area contributed by atoms with Crippen molar-refractivity contribution in [1.29, 1.82) is 0 Å². The smallest absolute Gasteiger partial charge is 0.0841 e. The molecule has 104 valence electrons. The topological polar surface area (TPSA) is 32.7 Å². The third-order valence-corrected chi connectivity index (χ3v) is 5.49. The number of fused-ring (bicyclic) bond motifs is 3. The summed E-state index contributed by atoms with van der Waals surface area (Å²) in [6.45, 7) is 8.77. The van der Waals surface area contributed by atoms with Gasteiger partial charge >= 0.3 is 0 Å². The second-order valence-electron chi connectivity index (χ2n) is 7.20. The van der Waals surface area contributed by atoms with Crippen LogP contribution in [0, 0.1) is 5.92 Å². The molecule has 4 fully saturated rings. The van der Waals surface area contributed by atoms with Crippen LogP contribution in [-0.2, 0) is 4.74 Å². The van der Waals surface area contributed by atoms with Crippen molar-refractivity contribution in [2.24, 2.45) is 5.92 Å². The summed E-state index contributed by atoms with van der Waals surface area (Å²) in [6, 6.07) is 0.213. The van der Waals surface area contributed by atoms with Crippen LogP contribution in [0.1, 0.15) is 52.9 Å². The van der Waals surface area contributed by atoms with Gasteiger partial charge in [-0.1, -0.05) is 6.42 Å². The van der Waals surface area contributed by atoms with Crippen molar-refractivity contribution in [2.45, 2.75) is 76.2 Å². The van der Waals surface area contributed by atoms with Gasteiger partial charge in [-0.3, -0.25) is 4.90 Å². The summed E-state index contributed by atoms with van der Waals surface area (Å²) in [7, 11) is 0. The first-order chi connectivity index (χ1) is 8.44. The van der Waals surface area contributed by atoms with Crippen LogP contribution in [0.4, 0.5) is 0 Å². The summed E-state index contributed by atoms with van der Waals surface area (Å²) in [6.07, 6.45) is 5.87. The van der Waals surface area contributed by atoms with Gasteiger partial charge in [0.1, 0.15) is 0 Å². The first-order valence-electron chi connectivity index (χ1n) is 7.56.